The Kier molecular flexibility index (Phi) is 4.37. The van der Waals surface area contributed by atoms with E-state index in [-0.39, 0.29) is 5.91 Å². The summed E-state index contributed by atoms with van der Waals surface area (Å²) >= 11 is 4.94. The number of carbonyl (C=O) groups is 1. The van der Waals surface area contributed by atoms with Crippen molar-refractivity contribution >= 4 is 40.1 Å². The number of benzene rings is 3. The van der Waals surface area contributed by atoms with E-state index >= 15 is 0 Å². The highest BCUT2D eigenvalue weighted by molar-refractivity contribution is 7.80. The van der Waals surface area contributed by atoms with Gasteiger partial charge in [0.1, 0.15) is 18.1 Å². The zero-order valence-electron chi connectivity index (χ0n) is 13.9. The fourth-order valence-electron chi connectivity index (χ4n) is 2.92. The van der Waals surface area contributed by atoms with Gasteiger partial charge in [-0.05, 0) is 52.3 Å². The molecule has 1 aliphatic heterocycles. The minimum absolute atomic E-state index is 0.225. The Labute approximate surface area is 156 Å². The fraction of sp³-hybridized carbons (Fsp3) is 0.0476. The number of amides is 1. The van der Waals surface area contributed by atoms with E-state index in [0.717, 1.165) is 16.9 Å². The number of ether oxygens (including phenoxy) is 1. The quantitative estimate of drug-likeness (QED) is 0.549. The zero-order valence-corrected chi connectivity index (χ0v) is 14.7. The van der Waals surface area contributed by atoms with Crippen molar-refractivity contribution in [1.82, 2.24) is 10.6 Å². The Morgan fingerprint density at radius 2 is 1.77 bits per heavy atom. The highest BCUT2D eigenvalue weighted by Gasteiger charge is 2.19. The summed E-state index contributed by atoms with van der Waals surface area (Å²) in [6.07, 6.45) is 1.75. The van der Waals surface area contributed by atoms with Crippen LogP contribution in [-0.4, -0.2) is 11.0 Å². The van der Waals surface area contributed by atoms with Gasteiger partial charge in [0.05, 0.1) is 0 Å². The molecule has 5 heteroatoms. The molecule has 0 saturated carbocycles. The third-order valence-electron chi connectivity index (χ3n) is 4.16. The van der Waals surface area contributed by atoms with Gasteiger partial charge in [-0.3, -0.25) is 10.1 Å². The lowest BCUT2D eigenvalue weighted by atomic mass is 10.1. The van der Waals surface area contributed by atoms with Crippen molar-refractivity contribution in [2.45, 2.75) is 6.61 Å². The van der Waals surface area contributed by atoms with Crippen molar-refractivity contribution in [2.24, 2.45) is 0 Å². The summed E-state index contributed by atoms with van der Waals surface area (Å²) in [6, 6.07) is 22.1. The molecule has 0 radical (unpaired) electrons. The van der Waals surface area contributed by atoms with E-state index in [4.69, 9.17) is 17.0 Å². The molecule has 128 valence electrons. The zero-order chi connectivity index (χ0) is 17.9. The molecular weight excluding hydrogens is 344 g/mol. The smallest absolute Gasteiger partial charge is 0.273 e. The molecule has 2 N–H and O–H groups in total. The summed E-state index contributed by atoms with van der Waals surface area (Å²) in [6.45, 7) is 0.476. The molecule has 1 saturated heterocycles. The minimum atomic E-state index is -0.225. The second-order valence-electron chi connectivity index (χ2n) is 5.97. The largest absolute Gasteiger partial charge is 0.489 e. The summed E-state index contributed by atoms with van der Waals surface area (Å²) < 4.78 is 5.98. The van der Waals surface area contributed by atoms with Crippen LogP contribution >= 0.6 is 12.2 Å². The summed E-state index contributed by atoms with van der Waals surface area (Å²) in [5.41, 5.74) is 2.43. The first-order chi connectivity index (χ1) is 12.7. The highest BCUT2D eigenvalue weighted by atomic mass is 32.1. The average Bonchev–Trinajstić information content (AvgIpc) is 2.97. The first kappa shape index (κ1) is 16.3. The first-order valence-corrected chi connectivity index (χ1v) is 8.63. The second-order valence-corrected chi connectivity index (χ2v) is 6.37. The Morgan fingerprint density at radius 1 is 0.962 bits per heavy atom. The summed E-state index contributed by atoms with van der Waals surface area (Å²) in [5.74, 6) is 0.519. The van der Waals surface area contributed by atoms with Crippen LogP contribution < -0.4 is 15.4 Å². The topological polar surface area (TPSA) is 50.4 Å². The number of rotatable bonds is 4. The standard InChI is InChI=1S/C21H16N2O2S/c24-20-19(22-21(26)23-20)12-14-5-3-9-17(11-14)25-13-16-8-4-7-15-6-1-2-10-18(15)16/h1-12H,13H2,(H2,22,23,24,26)/b19-12+. The summed E-state index contributed by atoms with van der Waals surface area (Å²) in [4.78, 5) is 11.7. The Hall–Kier alpha value is -3.18. The van der Waals surface area contributed by atoms with Crippen LogP contribution in [0.4, 0.5) is 0 Å². The van der Waals surface area contributed by atoms with Crippen LogP contribution in [0.15, 0.2) is 72.4 Å². The van der Waals surface area contributed by atoms with Crippen LogP contribution in [0.5, 0.6) is 5.75 Å². The summed E-state index contributed by atoms with van der Waals surface area (Å²) in [7, 11) is 0. The highest BCUT2D eigenvalue weighted by Crippen LogP contribution is 2.22. The Morgan fingerprint density at radius 3 is 2.62 bits per heavy atom. The van der Waals surface area contributed by atoms with Gasteiger partial charge < -0.3 is 10.1 Å². The van der Waals surface area contributed by atoms with E-state index in [0.29, 0.717) is 17.4 Å². The minimum Gasteiger partial charge on any atom is -0.489 e. The SMILES string of the molecule is O=C1NC(=S)N/C1=C/c1cccc(OCc2cccc3ccccc23)c1. The third kappa shape index (κ3) is 3.43. The van der Waals surface area contributed by atoms with Gasteiger partial charge in [0.15, 0.2) is 5.11 Å². The number of carbonyl (C=O) groups excluding carboxylic acids is 1. The van der Waals surface area contributed by atoms with Crippen LogP contribution in [0, 0.1) is 0 Å². The number of hydrogen-bond donors (Lipinski definition) is 2. The lowest BCUT2D eigenvalue weighted by Crippen LogP contribution is -2.21. The second kappa shape index (κ2) is 6.98. The number of nitrogens with one attached hydrogen (secondary N) is 2. The molecule has 3 aromatic carbocycles. The lowest BCUT2D eigenvalue weighted by molar-refractivity contribution is -0.115. The third-order valence-corrected chi connectivity index (χ3v) is 4.37. The summed E-state index contributed by atoms with van der Waals surface area (Å²) in [5, 5.41) is 8.10. The molecule has 1 aliphatic rings. The normalized spacial score (nSPS) is 15.2. The maximum Gasteiger partial charge on any atom is 0.273 e. The molecule has 1 heterocycles. The molecule has 0 aromatic heterocycles. The Balaban J connectivity index is 1.53. The molecule has 0 atom stereocenters. The maximum absolute atomic E-state index is 11.7. The number of fused-ring (bicyclic) bond motifs is 1. The van der Waals surface area contributed by atoms with Crippen LogP contribution in [-0.2, 0) is 11.4 Å². The van der Waals surface area contributed by atoms with E-state index < -0.39 is 0 Å². The van der Waals surface area contributed by atoms with E-state index in [9.17, 15) is 4.79 Å². The first-order valence-electron chi connectivity index (χ1n) is 8.22. The van der Waals surface area contributed by atoms with Gasteiger partial charge in [-0.25, -0.2) is 0 Å². The van der Waals surface area contributed by atoms with Gasteiger partial charge >= 0.3 is 0 Å². The molecule has 0 aliphatic carbocycles. The van der Waals surface area contributed by atoms with Gasteiger partial charge in [-0.1, -0.05) is 54.6 Å². The fourth-order valence-corrected chi connectivity index (χ4v) is 3.13. The Bertz CT molecular complexity index is 1040. The predicted molar refractivity (Wildman–Crippen MR) is 107 cm³/mol. The molecule has 4 nitrogen and oxygen atoms in total. The van der Waals surface area contributed by atoms with Crippen LogP contribution in [0.3, 0.4) is 0 Å². The molecular formula is C21H16N2O2S. The van der Waals surface area contributed by atoms with Crippen LogP contribution in [0.1, 0.15) is 11.1 Å². The van der Waals surface area contributed by atoms with Crippen molar-refractivity contribution in [2.75, 3.05) is 0 Å². The molecule has 3 aromatic rings. The van der Waals surface area contributed by atoms with Crippen molar-refractivity contribution in [3.8, 4) is 5.75 Å². The molecule has 1 amide bonds. The maximum atomic E-state index is 11.7. The molecule has 0 spiro atoms. The van der Waals surface area contributed by atoms with Gasteiger partial charge in [0.2, 0.25) is 0 Å². The van der Waals surface area contributed by atoms with Gasteiger partial charge in [0.25, 0.3) is 5.91 Å². The van der Waals surface area contributed by atoms with Gasteiger partial charge in [-0.15, -0.1) is 0 Å². The molecule has 0 bridgehead atoms. The van der Waals surface area contributed by atoms with E-state index in [1.54, 1.807) is 6.08 Å². The number of thiocarbonyl (C=S) groups is 1. The van der Waals surface area contributed by atoms with Crippen molar-refractivity contribution in [1.29, 1.82) is 0 Å². The molecule has 26 heavy (non-hydrogen) atoms. The van der Waals surface area contributed by atoms with E-state index in [1.165, 1.54) is 10.8 Å². The van der Waals surface area contributed by atoms with E-state index in [1.807, 2.05) is 42.5 Å². The molecule has 4 rings (SSSR count). The van der Waals surface area contributed by atoms with E-state index in [2.05, 4.69) is 34.9 Å². The predicted octanol–water partition coefficient (Wildman–Crippen LogP) is 3.76. The lowest BCUT2D eigenvalue weighted by Gasteiger charge is -2.10. The van der Waals surface area contributed by atoms with Crippen molar-refractivity contribution < 1.29 is 9.53 Å². The molecule has 1 fully saturated rings. The van der Waals surface area contributed by atoms with Crippen molar-refractivity contribution in [3.63, 3.8) is 0 Å². The van der Waals surface area contributed by atoms with Gasteiger partial charge in [0, 0.05) is 0 Å². The van der Waals surface area contributed by atoms with Crippen LogP contribution in [0.2, 0.25) is 0 Å². The van der Waals surface area contributed by atoms with Crippen LogP contribution in [0.25, 0.3) is 16.8 Å². The molecule has 0 unspecified atom stereocenters. The van der Waals surface area contributed by atoms with Crippen molar-refractivity contribution in [3.05, 3.63) is 83.6 Å². The monoisotopic (exact) mass is 360 g/mol. The van der Waals surface area contributed by atoms with Gasteiger partial charge in [-0.2, -0.15) is 0 Å². The number of hydrogen-bond acceptors (Lipinski definition) is 3. The average molecular weight is 360 g/mol.